The molecule has 21 heavy (non-hydrogen) atoms. The summed E-state index contributed by atoms with van der Waals surface area (Å²) < 4.78 is 67.4. The van der Waals surface area contributed by atoms with Crippen LogP contribution in [-0.4, -0.2) is 36.2 Å². The van der Waals surface area contributed by atoms with Gasteiger partial charge in [-0.05, 0) is 0 Å². The fourth-order valence-corrected chi connectivity index (χ4v) is 2.08. The Bertz CT molecular complexity index is 493. The number of halogens is 5. The topological polar surface area (TPSA) is 47.0 Å². The van der Waals surface area contributed by atoms with Gasteiger partial charge in [-0.1, -0.05) is 0 Å². The molecule has 1 N–H and O–H groups in total. The number of aromatic nitrogens is 2. The Hall–Kier alpha value is -1.35. The Kier molecular flexibility index (Phi) is 5.04. The number of nitrogens with one attached hydrogen (secondary N) is 1. The van der Waals surface area contributed by atoms with Crippen molar-refractivity contribution in [1.29, 1.82) is 0 Å². The Morgan fingerprint density at radius 1 is 1.24 bits per heavy atom. The monoisotopic (exact) mass is 311 g/mol. The molecule has 9 heteroatoms. The van der Waals surface area contributed by atoms with E-state index in [2.05, 4.69) is 20.0 Å². The molecule has 0 fully saturated rings. The van der Waals surface area contributed by atoms with Gasteiger partial charge in [-0.15, -0.1) is 0 Å². The summed E-state index contributed by atoms with van der Waals surface area (Å²) in [4.78, 5) is 7.62. The van der Waals surface area contributed by atoms with Crippen molar-refractivity contribution in [3.8, 4) is 0 Å². The number of rotatable bonds is 5. The fourth-order valence-electron chi connectivity index (χ4n) is 2.08. The molecule has 4 nitrogen and oxygen atoms in total. The fraction of sp³-hybridized carbons (Fsp3) is 0.667. The Labute approximate surface area is 117 Å². The molecule has 0 aliphatic carbocycles. The highest BCUT2D eigenvalue weighted by atomic mass is 19.4. The van der Waals surface area contributed by atoms with E-state index in [0.717, 1.165) is 0 Å². The SMILES string of the molecule is FC(F)COCCc1nc2c(c(C(F)(F)F)n1)CNCC2. The molecular formula is C12H14F5N3O. The highest BCUT2D eigenvalue weighted by molar-refractivity contribution is 5.30. The van der Waals surface area contributed by atoms with Crippen molar-refractivity contribution < 1.29 is 26.7 Å². The average Bonchev–Trinajstić information content (AvgIpc) is 2.41. The molecule has 2 rings (SSSR count). The third-order valence-electron chi connectivity index (χ3n) is 2.96. The summed E-state index contributed by atoms with van der Waals surface area (Å²) >= 11 is 0. The van der Waals surface area contributed by atoms with Gasteiger partial charge in [-0.25, -0.2) is 18.7 Å². The summed E-state index contributed by atoms with van der Waals surface area (Å²) in [6.07, 6.45) is -6.82. The number of alkyl halides is 5. The first-order valence-corrected chi connectivity index (χ1v) is 6.40. The van der Waals surface area contributed by atoms with E-state index in [0.29, 0.717) is 18.7 Å². The second kappa shape index (κ2) is 6.61. The van der Waals surface area contributed by atoms with Crippen LogP contribution >= 0.6 is 0 Å². The Balaban J connectivity index is 2.15. The summed E-state index contributed by atoms with van der Waals surface area (Å²) in [5, 5.41) is 2.85. The van der Waals surface area contributed by atoms with E-state index in [1.165, 1.54) is 0 Å². The number of nitrogens with zero attached hydrogens (tertiary/aromatic N) is 2. The van der Waals surface area contributed by atoms with Gasteiger partial charge < -0.3 is 10.1 Å². The van der Waals surface area contributed by atoms with Gasteiger partial charge in [-0.2, -0.15) is 13.2 Å². The standard InChI is InChI=1S/C12H14F5N3O/c13-9(14)6-21-4-2-10-19-8-1-3-18-5-7(8)11(20-10)12(15,16)17/h9,18H,1-6H2. The zero-order valence-electron chi connectivity index (χ0n) is 11.0. The minimum absolute atomic E-state index is 0.0303. The van der Waals surface area contributed by atoms with Crippen molar-refractivity contribution >= 4 is 0 Å². The molecule has 1 aliphatic heterocycles. The number of fused-ring (bicyclic) bond motifs is 1. The minimum atomic E-state index is -4.56. The van der Waals surface area contributed by atoms with Crippen LogP contribution in [0, 0.1) is 0 Å². The van der Waals surface area contributed by atoms with E-state index < -0.39 is 24.9 Å². The van der Waals surface area contributed by atoms with Crippen LogP contribution in [0.25, 0.3) is 0 Å². The lowest BCUT2D eigenvalue weighted by Crippen LogP contribution is -2.29. The van der Waals surface area contributed by atoms with Crippen LogP contribution in [0.4, 0.5) is 22.0 Å². The molecule has 1 aliphatic rings. The van der Waals surface area contributed by atoms with Gasteiger partial charge >= 0.3 is 6.18 Å². The lowest BCUT2D eigenvalue weighted by atomic mass is 10.0. The van der Waals surface area contributed by atoms with Crippen LogP contribution < -0.4 is 5.32 Å². The van der Waals surface area contributed by atoms with Crippen molar-refractivity contribution in [2.75, 3.05) is 19.8 Å². The number of hydrogen-bond donors (Lipinski definition) is 1. The second-order valence-corrected chi connectivity index (χ2v) is 4.55. The minimum Gasteiger partial charge on any atom is -0.375 e. The van der Waals surface area contributed by atoms with E-state index in [4.69, 9.17) is 0 Å². The highest BCUT2D eigenvalue weighted by Crippen LogP contribution is 2.32. The second-order valence-electron chi connectivity index (χ2n) is 4.55. The maximum Gasteiger partial charge on any atom is 0.433 e. The summed E-state index contributed by atoms with van der Waals surface area (Å²) in [5.74, 6) is -0.0303. The third-order valence-corrected chi connectivity index (χ3v) is 2.96. The highest BCUT2D eigenvalue weighted by Gasteiger charge is 2.37. The molecular weight excluding hydrogens is 297 g/mol. The van der Waals surface area contributed by atoms with Gasteiger partial charge in [0.1, 0.15) is 12.4 Å². The average molecular weight is 311 g/mol. The van der Waals surface area contributed by atoms with E-state index in [-0.39, 0.29) is 31.0 Å². The maximum atomic E-state index is 13.0. The molecule has 2 heterocycles. The van der Waals surface area contributed by atoms with Gasteiger partial charge in [0, 0.05) is 31.5 Å². The van der Waals surface area contributed by atoms with Gasteiger partial charge in [0.25, 0.3) is 6.43 Å². The molecule has 0 atom stereocenters. The van der Waals surface area contributed by atoms with Crippen LogP contribution in [0.1, 0.15) is 22.8 Å². The zero-order valence-corrected chi connectivity index (χ0v) is 11.0. The molecule has 0 radical (unpaired) electrons. The van der Waals surface area contributed by atoms with E-state index in [1.54, 1.807) is 0 Å². The van der Waals surface area contributed by atoms with Crippen molar-refractivity contribution in [2.24, 2.45) is 0 Å². The molecule has 0 amide bonds. The molecule has 0 saturated heterocycles. The summed E-state index contributed by atoms with van der Waals surface area (Å²) in [5.41, 5.74) is -0.533. The van der Waals surface area contributed by atoms with E-state index >= 15 is 0 Å². The van der Waals surface area contributed by atoms with Crippen LogP contribution in [-0.2, 0) is 30.3 Å². The lowest BCUT2D eigenvalue weighted by Gasteiger charge is -2.21. The molecule has 0 unspecified atom stereocenters. The molecule has 0 bridgehead atoms. The first-order valence-electron chi connectivity index (χ1n) is 6.40. The van der Waals surface area contributed by atoms with Gasteiger partial charge in [0.15, 0.2) is 5.69 Å². The van der Waals surface area contributed by atoms with E-state index in [9.17, 15) is 22.0 Å². The van der Waals surface area contributed by atoms with Crippen molar-refractivity contribution in [3.05, 3.63) is 22.8 Å². The molecule has 1 aromatic rings. The molecule has 1 aromatic heterocycles. The summed E-state index contributed by atoms with van der Waals surface area (Å²) in [6.45, 7) is -0.269. The summed E-state index contributed by atoms with van der Waals surface area (Å²) in [6, 6.07) is 0. The maximum absolute atomic E-state index is 13.0. The number of ether oxygens (including phenoxy) is 1. The van der Waals surface area contributed by atoms with Gasteiger partial charge in [-0.3, -0.25) is 0 Å². The first-order chi connectivity index (χ1) is 9.88. The predicted molar refractivity (Wildman–Crippen MR) is 63.0 cm³/mol. The van der Waals surface area contributed by atoms with Crippen molar-refractivity contribution in [3.63, 3.8) is 0 Å². The molecule has 0 aromatic carbocycles. The third kappa shape index (κ3) is 4.31. The Morgan fingerprint density at radius 2 is 2.00 bits per heavy atom. The zero-order chi connectivity index (χ0) is 15.5. The van der Waals surface area contributed by atoms with Crippen LogP contribution in [0.2, 0.25) is 0 Å². The van der Waals surface area contributed by atoms with Gasteiger partial charge in [0.05, 0.1) is 12.3 Å². The largest absolute Gasteiger partial charge is 0.433 e. The van der Waals surface area contributed by atoms with Crippen LogP contribution in [0.5, 0.6) is 0 Å². The molecule has 0 saturated carbocycles. The van der Waals surface area contributed by atoms with Crippen LogP contribution in [0.3, 0.4) is 0 Å². The quantitative estimate of drug-likeness (QED) is 0.667. The van der Waals surface area contributed by atoms with Crippen LogP contribution in [0.15, 0.2) is 0 Å². The molecule has 118 valence electrons. The van der Waals surface area contributed by atoms with Crippen molar-refractivity contribution in [2.45, 2.75) is 32.0 Å². The summed E-state index contributed by atoms with van der Waals surface area (Å²) in [7, 11) is 0. The van der Waals surface area contributed by atoms with Gasteiger partial charge in [0.2, 0.25) is 0 Å². The number of hydrogen-bond acceptors (Lipinski definition) is 4. The van der Waals surface area contributed by atoms with E-state index in [1.807, 2.05) is 0 Å². The lowest BCUT2D eigenvalue weighted by molar-refractivity contribution is -0.142. The van der Waals surface area contributed by atoms with Crippen molar-refractivity contribution in [1.82, 2.24) is 15.3 Å². The molecule has 0 spiro atoms. The normalized spacial score (nSPS) is 15.3. The predicted octanol–water partition coefficient (Wildman–Crippen LogP) is 1.97. The Morgan fingerprint density at radius 3 is 2.67 bits per heavy atom. The smallest absolute Gasteiger partial charge is 0.375 e. The first kappa shape index (κ1) is 16.0.